The summed E-state index contributed by atoms with van der Waals surface area (Å²) in [6.45, 7) is 24.8. The number of benzene rings is 1. The molecule has 1 aromatic rings. The maximum Gasteiger partial charge on any atom is 0.137 e. The molecule has 1 saturated heterocycles. The van der Waals surface area contributed by atoms with E-state index in [1.165, 1.54) is 82.0 Å². The van der Waals surface area contributed by atoms with E-state index >= 15 is 0 Å². The Bertz CT molecular complexity index is 1090. The third-order valence-corrected chi connectivity index (χ3v) is 10.2. The van der Waals surface area contributed by atoms with Crippen LogP contribution in [0.1, 0.15) is 135 Å². The van der Waals surface area contributed by atoms with Gasteiger partial charge in [-0.05, 0) is 167 Å². The molecule has 0 bridgehead atoms. The lowest BCUT2D eigenvalue weighted by Gasteiger charge is -2.36. The van der Waals surface area contributed by atoms with E-state index in [-0.39, 0.29) is 5.92 Å². The van der Waals surface area contributed by atoms with Gasteiger partial charge in [0.15, 0.2) is 0 Å². The highest BCUT2D eigenvalue weighted by Crippen LogP contribution is 2.38. The summed E-state index contributed by atoms with van der Waals surface area (Å²) in [5, 5.41) is 0. The van der Waals surface area contributed by atoms with E-state index in [2.05, 4.69) is 113 Å². The van der Waals surface area contributed by atoms with E-state index in [4.69, 9.17) is 0 Å². The van der Waals surface area contributed by atoms with Gasteiger partial charge >= 0.3 is 0 Å². The van der Waals surface area contributed by atoms with Gasteiger partial charge < -0.3 is 4.90 Å². The van der Waals surface area contributed by atoms with Crippen LogP contribution in [0.5, 0.6) is 0 Å². The lowest BCUT2D eigenvalue weighted by molar-refractivity contribution is -0.120. The van der Waals surface area contributed by atoms with Gasteiger partial charge in [0.1, 0.15) is 5.78 Å². The lowest BCUT2D eigenvalue weighted by Crippen LogP contribution is -2.37. The minimum atomic E-state index is 0.0367. The van der Waals surface area contributed by atoms with E-state index in [0.717, 1.165) is 38.3 Å². The minimum absolute atomic E-state index is 0.0367. The Morgan fingerprint density at radius 1 is 1.02 bits per heavy atom. The molecule has 1 aliphatic rings. The molecule has 1 atom stereocenters. The van der Waals surface area contributed by atoms with E-state index in [0.29, 0.717) is 17.6 Å². The predicted octanol–water partition coefficient (Wildman–Crippen LogP) is 11.1. The summed E-state index contributed by atoms with van der Waals surface area (Å²) in [5.41, 5.74) is 11.1. The molecule has 0 saturated carbocycles. The van der Waals surface area contributed by atoms with Crippen molar-refractivity contribution in [1.29, 1.82) is 0 Å². The Labute approximate surface area is 267 Å². The second kappa shape index (κ2) is 18.3. The second-order valence-electron chi connectivity index (χ2n) is 13.2. The Hall–Kier alpha value is -1.42. The SMILES string of the molecule is C=C=C(C)/C(=C\C=C(/C)CCCCCN1CCC([C@@H](C(C)=O)c2cc(C(C)C)cc(I)c2C)CC1)CCCC(C)C. The highest BCUT2D eigenvalue weighted by molar-refractivity contribution is 14.1. The van der Waals surface area contributed by atoms with Crippen molar-refractivity contribution in [3.63, 3.8) is 0 Å². The zero-order chi connectivity index (χ0) is 30.5. The van der Waals surface area contributed by atoms with Crippen molar-refractivity contribution in [1.82, 2.24) is 4.90 Å². The van der Waals surface area contributed by atoms with Crippen LogP contribution in [-0.2, 0) is 4.79 Å². The van der Waals surface area contributed by atoms with Gasteiger partial charge in [0.2, 0.25) is 0 Å². The number of rotatable bonds is 16. The molecule has 1 fully saturated rings. The van der Waals surface area contributed by atoms with Gasteiger partial charge in [-0.3, -0.25) is 4.79 Å². The largest absolute Gasteiger partial charge is 0.303 e. The maximum absolute atomic E-state index is 12.9. The van der Waals surface area contributed by atoms with Gasteiger partial charge in [-0.1, -0.05) is 70.9 Å². The zero-order valence-corrected chi connectivity index (χ0v) is 29.7. The first-order chi connectivity index (χ1) is 19.4. The molecule has 0 unspecified atom stereocenters. The van der Waals surface area contributed by atoms with Crippen molar-refractivity contribution in [2.24, 2.45) is 11.8 Å². The summed E-state index contributed by atoms with van der Waals surface area (Å²) >= 11 is 2.45. The van der Waals surface area contributed by atoms with Crippen LogP contribution in [0.2, 0.25) is 0 Å². The van der Waals surface area contributed by atoms with Crippen molar-refractivity contribution in [3.05, 3.63) is 73.6 Å². The number of Topliss-reactive ketones (excluding diaryl/α,β-unsaturated/α-hetero) is 1. The molecular formula is C38H58INO. The van der Waals surface area contributed by atoms with Gasteiger partial charge in [0, 0.05) is 9.49 Å². The number of nitrogens with zero attached hydrogens (tertiary/aromatic N) is 1. The predicted molar refractivity (Wildman–Crippen MR) is 188 cm³/mol. The number of ketones is 1. The molecule has 2 nitrogen and oxygen atoms in total. The average molecular weight is 672 g/mol. The van der Waals surface area contributed by atoms with E-state index in [9.17, 15) is 4.79 Å². The first-order valence-electron chi connectivity index (χ1n) is 16.2. The molecule has 228 valence electrons. The number of hydrogen-bond acceptors (Lipinski definition) is 2. The number of hydrogen-bond donors (Lipinski definition) is 0. The van der Waals surface area contributed by atoms with Gasteiger partial charge in [-0.25, -0.2) is 0 Å². The van der Waals surface area contributed by atoms with Crippen molar-refractivity contribution in [2.75, 3.05) is 19.6 Å². The summed E-state index contributed by atoms with van der Waals surface area (Å²) in [6, 6.07) is 4.63. The smallest absolute Gasteiger partial charge is 0.137 e. The van der Waals surface area contributed by atoms with E-state index in [1.807, 2.05) is 6.92 Å². The molecule has 2 rings (SSSR count). The van der Waals surface area contributed by atoms with Crippen molar-refractivity contribution in [2.45, 2.75) is 125 Å². The van der Waals surface area contributed by atoms with Crippen LogP contribution in [0, 0.1) is 22.3 Å². The number of likely N-dealkylation sites (tertiary alicyclic amines) is 1. The Balaban J connectivity index is 1.82. The third-order valence-electron chi connectivity index (χ3n) is 9.04. The maximum atomic E-state index is 12.9. The van der Waals surface area contributed by atoms with Crippen LogP contribution >= 0.6 is 22.6 Å². The first kappa shape index (κ1) is 35.8. The number of halogens is 1. The summed E-state index contributed by atoms with van der Waals surface area (Å²) in [5.74, 6) is 2.06. The van der Waals surface area contributed by atoms with Crippen LogP contribution < -0.4 is 0 Å². The van der Waals surface area contributed by atoms with Crippen LogP contribution in [0.25, 0.3) is 0 Å². The van der Waals surface area contributed by atoms with Crippen molar-refractivity contribution in [3.8, 4) is 0 Å². The normalized spacial score (nSPS) is 16.4. The topological polar surface area (TPSA) is 20.3 Å². The minimum Gasteiger partial charge on any atom is -0.303 e. The van der Waals surface area contributed by atoms with E-state index < -0.39 is 0 Å². The summed E-state index contributed by atoms with van der Waals surface area (Å²) in [7, 11) is 0. The standard InChI is InChI=1S/C38H58INO/c1-10-30(7)33(17-14-15-27(2)3)19-18-29(6)16-12-11-13-22-40-23-20-34(21-24-40)38(32(9)41)36-25-35(28(4)5)26-37(39)31(36)8/h18-19,25-28,34,38H,1,11-17,20-24H2,2-9H3/b29-18+,33-19-/t38-/m1/s1. The molecule has 1 heterocycles. The molecule has 0 spiro atoms. The van der Waals surface area contributed by atoms with Gasteiger partial charge in [-0.2, -0.15) is 0 Å². The molecule has 0 N–H and O–H groups in total. The fourth-order valence-electron chi connectivity index (χ4n) is 6.15. The summed E-state index contributed by atoms with van der Waals surface area (Å²) in [6.07, 6.45) is 15.4. The Kier molecular flexibility index (Phi) is 16.0. The lowest BCUT2D eigenvalue weighted by atomic mass is 9.76. The molecule has 1 aromatic carbocycles. The molecule has 41 heavy (non-hydrogen) atoms. The molecule has 1 aliphatic heterocycles. The molecule has 0 radical (unpaired) electrons. The zero-order valence-electron chi connectivity index (χ0n) is 27.5. The second-order valence-corrected chi connectivity index (χ2v) is 14.4. The summed E-state index contributed by atoms with van der Waals surface area (Å²) in [4.78, 5) is 15.6. The molecular weight excluding hydrogens is 613 g/mol. The van der Waals surface area contributed by atoms with Gasteiger partial charge in [0.05, 0.1) is 0 Å². The molecule has 0 aromatic heterocycles. The van der Waals surface area contributed by atoms with Gasteiger partial charge in [-0.15, -0.1) is 5.73 Å². The number of unbranched alkanes of at least 4 members (excludes halogenated alkanes) is 2. The highest BCUT2D eigenvalue weighted by Gasteiger charge is 2.32. The van der Waals surface area contributed by atoms with E-state index in [1.54, 1.807) is 0 Å². The Morgan fingerprint density at radius 3 is 2.29 bits per heavy atom. The number of allylic oxidation sites excluding steroid dienone is 5. The fourth-order valence-corrected chi connectivity index (χ4v) is 6.82. The fraction of sp³-hybridized carbons (Fsp3) is 0.632. The third kappa shape index (κ3) is 12.0. The van der Waals surface area contributed by atoms with Crippen molar-refractivity contribution < 1.29 is 4.79 Å². The summed E-state index contributed by atoms with van der Waals surface area (Å²) < 4.78 is 1.29. The number of carbonyl (C=O) groups is 1. The van der Waals surface area contributed by atoms with Crippen LogP contribution in [0.4, 0.5) is 0 Å². The molecule has 0 amide bonds. The first-order valence-corrected chi connectivity index (χ1v) is 17.3. The quantitative estimate of drug-likeness (QED) is 0.0755. The Morgan fingerprint density at radius 2 is 1.71 bits per heavy atom. The average Bonchev–Trinajstić information content (AvgIpc) is 2.92. The molecule has 3 heteroatoms. The van der Waals surface area contributed by atoms with Crippen LogP contribution in [0.15, 0.2) is 53.3 Å². The van der Waals surface area contributed by atoms with Crippen LogP contribution in [0.3, 0.4) is 0 Å². The monoisotopic (exact) mass is 671 g/mol. The number of piperidine rings is 1. The highest BCUT2D eigenvalue weighted by atomic mass is 127. The molecule has 0 aliphatic carbocycles. The van der Waals surface area contributed by atoms with Crippen molar-refractivity contribution >= 4 is 28.4 Å². The van der Waals surface area contributed by atoms with Gasteiger partial charge in [0.25, 0.3) is 0 Å². The van der Waals surface area contributed by atoms with Crippen LogP contribution in [-0.4, -0.2) is 30.3 Å². The number of carbonyl (C=O) groups excluding carboxylic acids is 1.